The molecule has 122 valence electrons. The van der Waals surface area contributed by atoms with Gasteiger partial charge in [-0.15, -0.1) is 0 Å². The lowest BCUT2D eigenvalue weighted by molar-refractivity contribution is -0.119. The molecule has 0 bridgehead atoms. The molecule has 0 fully saturated rings. The standard InChI is InChI=1S/C22H22O2/c23-20(14-13-17-7-2-1-3-8-17)11-6-9-18-15-19-10-4-5-12-21(19)22(24)16-18/h1-5,7-8,10,12,15-16,24H,6,9,11,13-14H2. The molecule has 0 aliphatic rings. The molecule has 0 aliphatic heterocycles. The monoisotopic (exact) mass is 318 g/mol. The summed E-state index contributed by atoms with van der Waals surface area (Å²) in [6.45, 7) is 0. The average Bonchev–Trinajstić information content (AvgIpc) is 2.61. The molecule has 0 saturated heterocycles. The smallest absolute Gasteiger partial charge is 0.133 e. The highest BCUT2D eigenvalue weighted by atomic mass is 16.3. The largest absolute Gasteiger partial charge is 0.507 e. The summed E-state index contributed by atoms with van der Waals surface area (Å²) in [7, 11) is 0. The summed E-state index contributed by atoms with van der Waals surface area (Å²) in [5.41, 5.74) is 2.30. The number of Topliss-reactive ketones (excluding diaryl/α,β-unsaturated/α-hetero) is 1. The van der Waals surface area contributed by atoms with Crippen LogP contribution in [0.3, 0.4) is 0 Å². The van der Waals surface area contributed by atoms with Gasteiger partial charge in [-0.1, -0.05) is 60.7 Å². The molecule has 0 heterocycles. The average molecular weight is 318 g/mol. The molecule has 0 amide bonds. The third-order valence-corrected chi connectivity index (χ3v) is 4.36. The van der Waals surface area contributed by atoms with Crippen molar-refractivity contribution < 1.29 is 9.90 Å². The topological polar surface area (TPSA) is 37.3 Å². The number of ketones is 1. The molecule has 0 spiro atoms. The Hall–Kier alpha value is -2.61. The highest BCUT2D eigenvalue weighted by Gasteiger charge is 2.06. The maximum Gasteiger partial charge on any atom is 0.133 e. The normalized spacial score (nSPS) is 10.8. The van der Waals surface area contributed by atoms with Crippen molar-refractivity contribution in [1.29, 1.82) is 0 Å². The fourth-order valence-electron chi connectivity index (χ4n) is 3.04. The highest BCUT2D eigenvalue weighted by molar-refractivity contribution is 5.88. The molecule has 0 unspecified atom stereocenters. The van der Waals surface area contributed by atoms with Crippen molar-refractivity contribution in [2.45, 2.75) is 32.1 Å². The van der Waals surface area contributed by atoms with Crippen LogP contribution < -0.4 is 0 Å². The fraction of sp³-hybridized carbons (Fsp3) is 0.227. The number of benzene rings is 3. The van der Waals surface area contributed by atoms with Gasteiger partial charge in [-0.2, -0.15) is 0 Å². The van der Waals surface area contributed by atoms with Crippen molar-refractivity contribution in [2.24, 2.45) is 0 Å². The summed E-state index contributed by atoms with van der Waals surface area (Å²) < 4.78 is 0. The molecule has 2 nitrogen and oxygen atoms in total. The molecular weight excluding hydrogens is 296 g/mol. The fourth-order valence-corrected chi connectivity index (χ4v) is 3.04. The summed E-state index contributed by atoms with van der Waals surface area (Å²) in [4.78, 5) is 12.0. The van der Waals surface area contributed by atoms with Crippen molar-refractivity contribution in [3.05, 3.63) is 77.9 Å². The Bertz CT molecular complexity index is 822. The number of phenolic OH excluding ortho intramolecular Hbond substituents is 1. The number of phenols is 1. The zero-order chi connectivity index (χ0) is 16.8. The lowest BCUT2D eigenvalue weighted by Crippen LogP contribution is -2.01. The zero-order valence-corrected chi connectivity index (χ0v) is 13.7. The molecule has 0 saturated carbocycles. The molecule has 3 aromatic carbocycles. The van der Waals surface area contributed by atoms with E-state index in [-0.39, 0.29) is 0 Å². The van der Waals surface area contributed by atoms with Crippen LogP contribution in [0.5, 0.6) is 5.75 Å². The summed E-state index contributed by atoms with van der Waals surface area (Å²) in [6, 6.07) is 21.9. The van der Waals surface area contributed by atoms with Crippen molar-refractivity contribution in [1.82, 2.24) is 0 Å². The lowest BCUT2D eigenvalue weighted by atomic mass is 10.00. The van der Waals surface area contributed by atoms with Gasteiger partial charge in [0.1, 0.15) is 11.5 Å². The van der Waals surface area contributed by atoms with Crippen LogP contribution in [-0.2, 0) is 17.6 Å². The first-order chi connectivity index (χ1) is 11.7. The molecular formula is C22H22O2. The van der Waals surface area contributed by atoms with Gasteiger partial charge in [0.15, 0.2) is 0 Å². The minimum absolute atomic E-state index is 0.309. The van der Waals surface area contributed by atoms with E-state index in [0.29, 0.717) is 24.4 Å². The highest BCUT2D eigenvalue weighted by Crippen LogP contribution is 2.27. The van der Waals surface area contributed by atoms with E-state index in [4.69, 9.17) is 0 Å². The molecule has 3 aromatic rings. The quantitative estimate of drug-likeness (QED) is 0.660. The predicted octanol–water partition coefficient (Wildman–Crippen LogP) is 5.07. The van der Waals surface area contributed by atoms with Gasteiger partial charge >= 0.3 is 0 Å². The number of fused-ring (bicyclic) bond motifs is 1. The Morgan fingerprint density at radius 1 is 0.792 bits per heavy atom. The number of carbonyl (C=O) groups is 1. The first-order valence-electron chi connectivity index (χ1n) is 8.48. The van der Waals surface area contributed by atoms with E-state index in [1.54, 1.807) is 0 Å². The number of hydrogen-bond donors (Lipinski definition) is 1. The van der Waals surface area contributed by atoms with Crippen LogP contribution in [0.1, 0.15) is 30.4 Å². The van der Waals surface area contributed by atoms with Gasteiger partial charge in [0.2, 0.25) is 0 Å². The van der Waals surface area contributed by atoms with E-state index >= 15 is 0 Å². The molecule has 2 heteroatoms. The number of carbonyl (C=O) groups excluding carboxylic acids is 1. The van der Waals surface area contributed by atoms with Gasteiger partial charge in [0.05, 0.1) is 0 Å². The second kappa shape index (κ2) is 7.78. The van der Waals surface area contributed by atoms with E-state index in [0.717, 1.165) is 35.6 Å². The molecule has 0 atom stereocenters. The second-order valence-corrected chi connectivity index (χ2v) is 6.21. The Balaban J connectivity index is 1.50. The Labute approximate surface area is 142 Å². The van der Waals surface area contributed by atoms with Crippen molar-refractivity contribution in [2.75, 3.05) is 0 Å². The van der Waals surface area contributed by atoms with Gasteiger partial charge in [0.25, 0.3) is 0 Å². The van der Waals surface area contributed by atoms with Gasteiger partial charge in [-0.3, -0.25) is 4.79 Å². The third-order valence-electron chi connectivity index (χ3n) is 4.36. The maximum absolute atomic E-state index is 12.0. The van der Waals surface area contributed by atoms with Crippen LogP contribution in [0.15, 0.2) is 66.7 Å². The van der Waals surface area contributed by atoms with E-state index < -0.39 is 0 Å². The Morgan fingerprint density at radius 2 is 1.54 bits per heavy atom. The molecule has 0 aromatic heterocycles. The molecule has 3 rings (SSSR count). The first kappa shape index (κ1) is 16.3. The van der Waals surface area contributed by atoms with Crippen LogP contribution in [0, 0.1) is 0 Å². The van der Waals surface area contributed by atoms with Gasteiger partial charge in [-0.05, 0) is 41.8 Å². The summed E-state index contributed by atoms with van der Waals surface area (Å²) in [5, 5.41) is 12.0. The van der Waals surface area contributed by atoms with E-state index in [9.17, 15) is 9.90 Å². The maximum atomic E-state index is 12.0. The Kier molecular flexibility index (Phi) is 5.27. The number of rotatable bonds is 7. The van der Waals surface area contributed by atoms with Crippen LogP contribution >= 0.6 is 0 Å². The van der Waals surface area contributed by atoms with E-state index in [1.807, 2.05) is 48.5 Å². The number of hydrogen-bond acceptors (Lipinski definition) is 2. The summed E-state index contributed by atoms with van der Waals surface area (Å²) >= 11 is 0. The van der Waals surface area contributed by atoms with E-state index in [2.05, 4.69) is 18.2 Å². The van der Waals surface area contributed by atoms with Crippen LogP contribution in [0.2, 0.25) is 0 Å². The van der Waals surface area contributed by atoms with Crippen LogP contribution in [0.4, 0.5) is 0 Å². The summed E-state index contributed by atoms with van der Waals surface area (Å²) in [5.74, 6) is 0.627. The lowest BCUT2D eigenvalue weighted by Gasteiger charge is -2.06. The Morgan fingerprint density at radius 3 is 2.38 bits per heavy atom. The predicted molar refractivity (Wildman–Crippen MR) is 98.3 cm³/mol. The van der Waals surface area contributed by atoms with Gasteiger partial charge < -0.3 is 5.11 Å². The SMILES string of the molecule is O=C(CCCc1cc(O)c2ccccc2c1)CCc1ccccc1. The van der Waals surface area contributed by atoms with Crippen LogP contribution in [-0.4, -0.2) is 10.9 Å². The second-order valence-electron chi connectivity index (χ2n) is 6.21. The third kappa shape index (κ3) is 4.23. The van der Waals surface area contributed by atoms with Crippen molar-refractivity contribution >= 4 is 16.6 Å². The number of aryl methyl sites for hydroxylation is 2. The molecule has 1 N–H and O–H groups in total. The van der Waals surface area contributed by atoms with Crippen LogP contribution in [0.25, 0.3) is 10.8 Å². The zero-order valence-electron chi connectivity index (χ0n) is 13.7. The minimum atomic E-state index is 0.309. The minimum Gasteiger partial charge on any atom is -0.507 e. The van der Waals surface area contributed by atoms with E-state index in [1.165, 1.54) is 5.56 Å². The van der Waals surface area contributed by atoms with Crippen molar-refractivity contribution in [3.63, 3.8) is 0 Å². The molecule has 24 heavy (non-hydrogen) atoms. The first-order valence-corrected chi connectivity index (χ1v) is 8.48. The molecule has 0 radical (unpaired) electrons. The van der Waals surface area contributed by atoms with Gasteiger partial charge in [0, 0.05) is 18.2 Å². The van der Waals surface area contributed by atoms with Gasteiger partial charge in [-0.25, -0.2) is 0 Å². The number of aromatic hydroxyl groups is 1. The molecule has 0 aliphatic carbocycles. The van der Waals surface area contributed by atoms with Crippen molar-refractivity contribution in [3.8, 4) is 5.75 Å². The summed E-state index contributed by atoms with van der Waals surface area (Å²) in [6.07, 6.45) is 3.66.